The summed E-state index contributed by atoms with van der Waals surface area (Å²) in [5.74, 6) is -0.757. The topological polar surface area (TPSA) is 122 Å². The Morgan fingerprint density at radius 1 is 0.708 bits per heavy atom. The molecule has 0 unspecified atom stereocenters. The molecule has 0 saturated heterocycles. The molecule has 0 spiro atoms. The van der Waals surface area contributed by atoms with Crippen LogP contribution in [0.4, 0.5) is 0 Å². The van der Waals surface area contributed by atoms with Crippen LogP contribution in [0.25, 0.3) is 0 Å². The Morgan fingerprint density at radius 3 is 1.21 bits per heavy atom. The first kappa shape index (κ1) is 20.0. The zero-order valence-corrected chi connectivity index (χ0v) is 14.0. The van der Waals surface area contributed by atoms with Gasteiger partial charge < -0.3 is 10.2 Å². The van der Waals surface area contributed by atoms with Crippen LogP contribution in [-0.2, 0) is 9.59 Å². The van der Waals surface area contributed by atoms with E-state index < -0.39 is 11.9 Å². The second kappa shape index (κ2) is 10.6. The normalized spacial score (nSPS) is 29.2. The lowest BCUT2D eigenvalue weighted by molar-refractivity contribution is -0.144. The summed E-state index contributed by atoms with van der Waals surface area (Å²) in [6.45, 7) is 0. The molecule has 24 heavy (non-hydrogen) atoms. The average Bonchev–Trinajstić information content (AvgIpc) is 2.57. The van der Waals surface area contributed by atoms with Gasteiger partial charge in [-0.15, -0.1) is 0 Å². The Kier molecular flexibility index (Phi) is 8.86. The highest BCUT2D eigenvalue weighted by atomic mass is 16.4. The third-order valence-electron chi connectivity index (χ3n) is 5.15. The molecule has 0 radical (unpaired) electrons. The van der Waals surface area contributed by atoms with E-state index in [0.717, 1.165) is 51.4 Å². The molecule has 0 bridgehead atoms. The molecule has 2 rings (SSSR count). The lowest BCUT2D eigenvalue weighted by Crippen LogP contribution is -2.21. The average molecular weight is 334 g/mol. The number of carboxylic acid groups (broad SMARTS) is 2. The minimum absolute atomic E-state index is 0.153. The summed E-state index contributed by atoms with van der Waals surface area (Å²) in [6, 6.07) is 4.27. The summed E-state index contributed by atoms with van der Waals surface area (Å²) in [4.78, 5) is 21.1. The second-order valence-electron chi connectivity index (χ2n) is 6.84. The van der Waals surface area contributed by atoms with Crippen molar-refractivity contribution in [2.24, 2.45) is 23.7 Å². The van der Waals surface area contributed by atoms with Crippen LogP contribution >= 0.6 is 0 Å². The summed E-state index contributed by atoms with van der Waals surface area (Å²) in [5.41, 5.74) is 0. The Balaban J connectivity index is 0.000000240. The number of nitriles is 2. The highest BCUT2D eigenvalue weighted by molar-refractivity contribution is 5.70. The third-order valence-corrected chi connectivity index (χ3v) is 5.15. The Bertz CT molecular complexity index is 444. The van der Waals surface area contributed by atoms with Crippen LogP contribution in [0.5, 0.6) is 0 Å². The van der Waals surface area contributed by atoms with E-state index in [9.17, 15) is 9.59 Å². The van der Waals surface area contributed by atoms with Crippen molar-refractivity contribution in [1.29, 1.82) is 10.5 Å². The first-order chi connectivity index (χ1) is 11.5. The number of nitrogens with zero attached hydrogens (tertiary/aromatic N) is 2. The predicted molar refractivity (Wildman–Crippen MR) is 86.6 cm³/mol. The minimum atomic E-state index is -0.676. The fraction of sp³-hybridized carbons (Fsp3) is 0.778. The van der Waals surface area contributed by atoms with E-state index in [1.165, 1.54) is 0 Å². The maximum atomic E-state index is 10.6. The fourth-order valence-electron chi connectivity index (χ4n) is 3.49. The van der Waals surface area contributed by atoms with Crippen molar-refractivity contribution in [2.75, 3.05) is 0 Å². The van der Waals surface area contributed by atoms with Crippen molar-refractivity contribution < 1.29 is 19.8 Å². The summed E-state index contributed by atoms with van der Waals surface area (Å²) < 4.78 is 0. The highest BCUT2D eigenvalue weighted by Crippen LogP contribution is 2.31. The molecule has 0 atom stereocenters. The molecule has 2 aliphatic rings. The number of hydrogen-bond donors (Lipinski definition) is 2. The van der Waals surface area contributed by atoms with Gasteiger partial charge in [0, 0.05) is 12.8 Å². The lowest BCUT2D eigenvalue weighted by atomic mass is 9.81. The second-order valence-corrected chi connectivity index (χ2v) is 6.84. The van der Waals surface area contributed by atoms with Gasteiger partial charge in [-0.25, -0.2) is 0 Å². The Morgan fingerprint density at radius 2 is 1.00 bits per heavy atom. The van der Waals surface area contributed by atoms with Gasteiger partial charge in [-0.1, -0.05) is 0 Å². The predicted octanol–water partition coefficient (Wildman–Crippen LogP) is 3.58. The van der Waals surface area contributed by atoms with Crippen molar-refractivity contribution in [3.8, 4) is 12.1 Å². The van der Waals surface area contributed by atoms with Crippen LogP contribution in [0.3, 0.4) is 0 Å². The van der Waals surface area contributed by atoms with Gasteiger partial charge in [-0.3, -0.25) is 9.59 Å². The smallest absolute Gasteiger partial charge is 0.306 e. The zero-order chi connectivity index (χ0) is 17.9. The molecule has 0 amide bonds. The van der Waals surface area contributed by atoms with Crippen molar-refractivity contribution in [1.82, 2.24) is 0 Å². The van der Waals surface area contributed by atoms with Crippen molar-refractivity contribution >= 4 is 11.9 Å². The van der Waals surface area contributed by atoms with Crippen LogP contribution in [0.15, 0.2) is 0 Å². The van der Waals surface area contributed by atoms with Crippen LogP contribution in [0.1, 0.15) is 64.2 Å². The molecule has 2 N–H and O–H groups in total. The first-order valence-electron chi connectivity index (χ1n) is 8.67. The number of aliphatic carboxylic acids is 2. The van der Waals surface area contributed by atoms with E-state index in [-0.39, 0.29) is 11.8 Å². The number of hydrogen-bond acceptors (Lipinski definition) is 4. The standard InChI is InChI=1S/2C9H13NO2/c2*10-6-5-7-1-3-8(4-2-7)9(11)12/h2*7-8H,1-5H2,(H,11,12). The van der Waals surface area contributed by atoms with Gasteiger partial charge in [0.05, 0.1) is 24.0 Å². The van der Waals surface area contributed by atoms with Gasteiger partial charge in [0.25, 0.3) is 0 Å². The van der Waals surface area contributed by atoms with Gasteiger partial charge in [-0.2, -0.15) is 10.5 Å². The molecular formula is C18H26N2O4. The van der Waals surface area contributed by atoms with E-state index in [1.807, 2.05) is 0 Å². The van der Waals surface area contributed by atoms with Crippen LogP contribution in [0, 0.1) is 46.3 Å². The van der Waals surface area contributed by atoms with E-state index in [0.29, 0.717) is 24.7 Å². The van der Waals surface area contributed by atoms with Gasteiger partial charge >= 0.3 is 11.9 Å². The summed E-state index contributed by atoms with van der Waals surface area (Å²) in [7, 11) is 0. The van der Waals surface area contributed by atoms with Gasteiger partial charge in [0.2, 0.25) is 0 Å². The van der Waals surface area contributed by atoms with Crippen molar-refractivity contribution in [3.05, 3.63) is 0 Å². The maximum absolute atomic E-state index is 10.6. The van der Waals surface area contributed by atoms with Crippen molar-refractivity contribution in [2.45, 2.75) is 64.2 Å². The molecule has 6 nitrogen and oxygen atoms in total. The maximum Gasteiger partial charge on any atom is 0.306 e. The SMILES string of the molecule is N#CCC1CCC(C(=O)O)CC1.N#CCC1CCC(C(=O)O)CC1. The lowest BCUT2D eigenvalue weighted by Gasteiger charge is -2.23. The highest BCUT2D eigenvalue weighted by Gasteiger charge is 2.26. The molecule has 2 aliphatic carbocycles. The molecule has 0 aromatic carbocycles. The Hall–Kier alpha value is -2.08. The fourth-order valence-corrected chi connectivity index (χ4v) is 3.49. The molecule has 132 valence electrons. The first-order valence-corrected chi connectivity index (χ1v) is 8.67. The molecule has 0 aromatic heterocycles. The molecule has 0 aromatic rings. The third kappa shape index (κ3) is 7.00. The molecule has 2 saturated carbocycles. The monoisotopic (exact) mass is 334 g/mol. The molecular weight excluding hydrogens is 308 g/mol. The molecule has 0 heterocycles. The number of carboxylic acids is 2. The van der Waals surface area contributed by atoms with Crippen LogP contribution in [0.2, 0.25) is 0 Å². The zero-order valence-electron chi connectivity index (χ0n) is 14.0. The molecule has 6 heteroatoms. The Labute approximate surface area is 143 Å². The minimum Gasteiger partial charge on any atom is -0.481 e. The number of carbonyl (C=O) groups is 2. The van der Waals surface area contributed by atoms with E-state index >= 15 is 0 Å². The van der Waals surface area contributed by atoms with E-state index in [4.69, 9.17) is 20.7 Å². The quantitative estimate of drug-likeness (QED) is 0.810. The van der Waals surface area contributed by atoms with E-state index in [1.54, 1.807) is 0 Å². The van der Waals surface area contributed by atoms with E-state index in [2.05, 4.69) is 12.1 Å². The van der Waals surface area contributed by atoms with Crippen LogP contribution in [-0.4, -0.2) is 22.2 Å². The van der Waals surface area contributed by atoms with Crippen molar-refractivity contribution in [3.63, 3.8) is 0 Å². The van der Waals surface area contributed by atoms with Crippen LogP contribution < -0.4 is 0 Å². The summed E-state index contributed by atoms with van der Waals surface area (Å²) >= 11 is 0. The van der Waals surface area contributed by atoms with Gasteiger partial charge in [0.15, 0.2) is 0 Å². The summed E-state index contributed by atoms with van der Waals surface area (Å²) in [5, 5.41) is 34.2. The molecule has 0 aliphatic heterocycles. The number of rotatable bonds is 4. The molecule has 2 fully saturated rings. The summed E-state index contributed by atoms with van der Waals surface area (Å²) in [6.07, 6.45) is 7.81. The van der Waals surface area contributed by atoms with Gasteiger partial charge in [0.1, 0.15) is 0 Å². The van der Waals surface area contributed by atoms with Gasteiger partial charge in [-0.05, 0) is 63.2 Å². The largest absolute Gasteiger partial charge is 0.481 e.